The van der Waals surface area contributed by atoms with Gasteiger partial charge in [0.25, 0.3) is 5.56 Å². The van der Waals surface area contributed by atoms with Crippen LogP contribution in [0.5, 0.6) is 0 Å². The number of piperidine rings is 1. The molecule has 1 aliphatic heterocycles. The number of nitrogen functional groups attached to an aromatic ring is 1. The van der Waals surface area contributed by atoms with Gasteiger partial charge in [0.15, 0.2) is 0 Å². The fourth-order valence-electron chi connectivity index (χ4n) is 5.04. The summed E-state index contributed by atoms with van der Waals surface area (Å²) in [4.78, 5) is 19.9. The largest absolute Gasteiger partial charge is 0.383 e. The van der Waals surface area contributed by atoms with E-state index in [1.54, 1.807) is 29.8 Å². The van der Waals surface area contributed by atoms with Crippen LogP contribution >= 0.6 is 23.2 Å². The fraction of sp³-hybridized carbons (Fsp3) is 0.524. The van der Waals surface area contributed by atoms with Crippen molar-refractivity contribution in [3.05, 3.63) is 38.6 Å². The normalized spacial score (nSPS) is 23.7. The van der Waals surface area contributed by atoms with E-state index < -0.39 is 0 Å². The van der Waals surface area contributed by atoms with E-state index in [4.69, 9.17) is 34.7 Å². The summed E-state index contributed by atoms with van der Waals surface area (Å²) in [5.41, 5.74) is 13.5. The zero-order chi connectivity index (χ0) is 20.9. The van der Waals surface area contributed by atoms with Crippen LogP contribution in [0.4, 0.5) is 11.8 Å². The Morgan fingerprint density at radius 3 is 2.52 bits per heavy atom. The molecule has 1 spiro atoms. The maximum absolute atomic E-state index is 13.2. The van der Waals surface area contributed by atoms with Crippen molar-refractivity contribution in [2.45, 2.75) is 38.6 Å². The van der Waals surface area contributed by atoms with Gasteiger partial charge in [0.2, 0.25) is 5.95 Å². The molecule has 2 atom stereocenters. The Hall–Kier alpha value is -1.76. The smallest absolute Gasteiger partial charge is 0.264 e. The highest BCUT2D eigenvalue weighted by Gasteiger charge is 2.46. The minimum Gasteiger partial charge on any atom is -0.383 e. The van der Waals surface area contributed by atoms with Gasteiger partial charge in [0.1, 0.15) is 5.82 Å². The van der Waals surface area contributed by atoms with E-state index in [0.717, 1.165) is 25.9 Å². The van der Waals surface area contributed by atoms with E-state index in [1.165, 1.54) is 12.8 Å². The molecule has 1 aliphatic carbocycles. The number of benzene rings is 1. The molecular weight excluding hydrogens is 409 g/mol. The highest BCUT2D eigenvalue weighted by atomic mass is 35.5. The van der Waals surface area contributed by atoms with Gasteiger partial charge in [-0.2, -0.15) is 4.98 Å². The SMILES string of the molecule is C[C@@H]1CCC2(CCN(c3nc(N)c(-c4cccc(Cl)c4Cl)c(=O)n3C)CC2)[C@@H]1N. The van der Waals surface area contributed by atoms with Gasteiger partial charge in [0, 0.05) is 31.7 Å². The molecule has 156 valence electrons. The molecule has 8 heteroatoms. The highest BCUT2D eigenvalue weighted by Crippen LogP contribution is 2.48. The summed E-state index contributed by atoms with van der Waals surface area (Å²) >= 11 is 12.4. The van der Waals surface area contributed by atoms with Crippen LogP contribution in [0.3, 0.4) is 0 Å². The van der Waals surface area contributed by atoms with Gasteiger partial charge >= 0.3 is 0 Å². The van der Waals surface area contributed by atoms with Crippen molar-refractivity contribution in [3.63, 3.8) is 0 Å². The van der Waals surface area contributed by atoms with Gasteiger partial charge < -0.3 is 16.4 Å². The number of rotatable bonds is 2. The second kappa shape index (κ2) is 7.49. The van der Waals surface area contributed by atoms with Crippen LogP contribution in [0.15, 0.2) is 23.0 Å². The van der Waals surface area contributed by atoms with Crippen LogP contribution in [-0.4, -0.2) is 28.7 Å². The Morgan fingerprint density at radius 2 is 1.90 bits per heavy atom. The molecule has 1 saturated carbocycles. The van der Waals surface area contributed by atoms with Crippen LogP contribution in [-0.2, 0) is 7.05 Å². The zero-order valence-electron chi connectivity index (χ0n) is 16.8. The predicted molar refractivity (Wildman–Crippen MR) is 120 cm³/mol. The van der Waals surface area contributed by atoms with Gasteiger partial charge in [-0.1, -0.05) is 42.3 Å². The molecule has 0 unspecified atom stereocenters. The summed E-state index contributed by atoms with van der Waals surface area (Å²) in [6, 6.07) is 5.40. The summed E-state index contributed by atoms with van der Waals surface area (Å²) in [6.45, 7) is 3.88. The Kier molecular flexibility index (Phi) is 5.30. The van der Waals surface area contributed by atoms with Crippen LogP contribution in [0.1, 0.15) is 32.6 Å². The van der Waals surface area contributed by atoms with Crippen LogP contribution in [0, 0.1) is 11.3 Å². The molecule has 2 fully saturated rings. The first-order chi connectivity index (χ1) is 13.7. The highest BCUT2D eigenvalue weighted by molar-refractivity contribution is 6.43. The Morgan fingerprint density at radius 1 is 1.21 bits per heavy atom. The standard InChI is InChI=1S/C21H27Cl2N5O/c1-12-6-7-21(17(12)24)8-10-28(11-9-21)20-26-18(25)15(19(29)27(20)2)13-4-3-5-14(22)16(13)23/h3-5,12,17H,6-11,24-25H2,1-2H3/t12-,17-/m1/s1. The van der Waals surface area contributed by atoms with Crippen molar-refractivity contribution < 1.29 is 0 Å². The molecule has 1 aromatic carbocycles. The number of nitrogens with two attached hydrogens (primary N) is 2. The quantitative estimate of drug-likeness (QED) is 0.750. The first kappa shape index (κ1) is 20.5. The van der Waals surface area contributed by atoms with E-state index in [1.807, 2.05) is 0 Å². The van der Waals surface area contributed by atoms with Gasteiger partial charge in [-0.3, -0.25) is 9.36 Å². The van der Waals surface area contributed by atoms with Gasteiger partial charge in [-0.25, -0.2) is 0 Å². The fourth-order valence-corrected chi connectivity index (χ4v) is 5.43. The molecule has 0 radical (unpaired) electrons. The average Bonchev–Trinajstić information content (AvgIpc) is 2.97. The molecular formula is C21H27Cl2N5O. The average molecular weight is 436 g/mol. The maximum atomic E-state index is 13.2. The Bertz CT molecular complexity index is 997. The molecule has 2 aromatic rings. The second-order valence-corrected chi connectivity index (χ2v) is 9.31. The van der Waals surface area contributed by atoms with E-state index in [-0.39, 0.29) is 28.4 Å². The lowest BCUT2D eigenvalue weighted by atomic mass is 9.73. The van der Waals surface area contributed by atoms with Crippen molar-refractivity contribution >= 4 is 35.0 Å². The summed E-state index contributed by atoms with van der Waals surface area (Å²) < 4.78 is 1.55. The number of anilines is 2. The van der Waals surface area contributed by atoms with Crippen LogP contribution in [0.2, 0.25) is 10.0 Å². The molecule has 0 amide bonds. The summed E-state index contributed by atoms with van der Waals surface area (Å²) in [5, 5.41) is 0.676. The third-order valence-corrected chi connectivity index (χ3v) is 7.79. The molecule has 4 N–H and O–H groups in total. The number of hydrogen-bond donors (Lipinski definition) is 2. The maximum Gasteiger partial charge on any atom is 0.264 e. The van der Waals surface area contributed by atoms with Gasteiger partial charge in [0.05, 0.1) is 15.6 Å². The minimum absolute atomic E-state index is 0.166. The third kappa shape index (κ3) is 3.31. The van der Waals surface area contributed by atoms with Gasteiger partial charge in [-0.15, -0.1) is 0 Å². The molecule has 2 aliphatic rings. The second-order valence-electron chi connectivity index (χ2n) is 8.53. The third-order valence-electron chi connectivity index (χ3n) is 6.98. The molecule has 6 nitrogen and oxygen atoms in total. The monoisotopic (exact) mass is 435 g/mol. The molecule has 1 saturated heterocycles. The van der Waals surface area contributed by atoms with E-state index >= 15 is 0 Å². The number of nitrogens with zero attached hydrogens (tertiary/aromatic N) is 3. The van der Waals surface area contributed by atoms with Crippen LogP contribution < -0.4 is 21.9 Å². The lowest BCUT2D eigenvalue weighted by Crippen LogP contribution is -2.49. The Balaban J connectivity index is 1.66. The van der Waals surface area contributed by atoms with Crippen molar-refractivity contribution in [3.8, 4) is 11.1 Å². The minimum atomic E-state index is -0.233. The number of halogens is 2. The van der Waals surface area contributed by atoms with Crippen molar-refractivity contribution in [2.75, 3.05) is 23.7 Å². The first-order valence-electron chi connectivity index (χ1n) is 10.1. The molecule has 0 bridgehead atoms. The zero-order valence-corrected chi connectivity index (χ0v) is 18.3. The molecule has 4 rings (SSSR count). The van der Waals surface area contributed by atoms with E-state index in [2.05, 4.69) is 16.8 Å². The summed E-state index contributed by atoms with van der Waals surface area (Å²) in [6.07, 6.45) is 4.40. The lowest BCUT2D eigenvalue weighted by molar-refractivity contribution is 0.185. The van der Waals surface area contributed by atoms with E-state index in [0.29, 0.717) is 27.5 Å². The molecule has 2 heterocycles. The van der Waals surface area contributed by atoms with Crippen molar-refractivity contribution in [1.82, 2.24) is 9.55 Å². The predicted octanol–water partition coefficient (Wildman–Crippen LogP) is 3.68. The number of aromatic nitrogens is 2. The van der Waals surface area contributed by atoms with E-state index in [9.17, 15) is 4.79 Å². The molecule has 1 aromatic heterocycles. The number of hydrogen-bond acceptors (Lipinski definition) is 5. The van der Waals surface area contributed by atoms with Crippen molar-refractivity contribution in [1.29, 1.82) is 0 Å². The first-order valence-corrected chi connectivity index (χ1v) is 10.8. The topological polar surface area (TPSA) is 90.2 Å². The Labute approximate surface area is 180 Å². The van der Waals surface area contributed by atoms with Crippen molar-refractivity contribution in [2.24, 2.45) is 24.1 Å². The lowest BCUT2D eigenvalue weighted by Gasteiger charge is -2.43. The van der Waals surface area contributed by atoms with Gasteiger partial charge in [-0.05, 0) is 43.1 Å². The molecule has 29 heavy (non-hydrogen) atoms. The van der Waals surface area contributed by atoms with Crippen LogP contribution in [0.25, 0.3) is 11.1 Å². The summed E-state index contributed by atoms with van der Waals surface area (Å²) in [7, 11) is 1.72. The summed E-state index contributed by atoms with van der Waals surface area (Å²) in [5.74, 6) is 1.32.